The summed E-state index contributed by atoms with van der Waals surface area (Å²) in [5.41, 5.74) is 3.24. The molecule has 0 heterocycles. The van der Waals surface area contributed by atoms with Crippen LogP contribution in [-0.2, 0) is 0 Å². The normalized spacial score (nSPS) is 25.4. The van der Waals surface area contributed by atoms with Gasteiger partial charge in [-0.25, -0.2) is 0 Å². The van der Waals surface area contributed by atoms with E-state index in [-0.39, 0.29) is 0 Å². The van der Waals surface area contributed by atoms with Gasteiger partial charge in [-0.05, 0) is 49.7 Å². The summed E-state index contributed by atoms with van der Waals surface area (Å²) in [7, 11) is 0. The van der Waals surface area contributed by atoms with Crippen LogP contribution in [-0.4, -0.2) is 0 Å². The topological polar surface area (TPSA) is 0 Å². The van der Waals surface area contributed by atoms with Gasteiger partial charge in [0, 0.05) is 0 Å². The molecular weight excluding hydrogens is 168 g/mol. The van der Waals surface area contributed by atoms with E-state index in [1.807, 2.05) is 0 Å². The Labute approximate surface area is 89.1 Å². The molecule has 0 aromatic heterocycles. The number of rotatable bonds is 1. The standard InChI is InChI=1S/C14H24/c1-4-13-9-7-5-6-8-10-14(13)11-12(2)3/h4,11-12H,5-10H2,1-3H3. The maximum atomic E-state index is 2.46. The van der Waals surface area contributed by atoms with Gasteiger partial charge in [0.2, 0.25) is 0 Å². The fraction of sp³-hybridized carbons (Fsp3) is 0.714. The van der Waals surface area contributed by atoms with Crippen LogP contribution in [0.2, 0.25) is 0 Å². The van der Waals surface area contributed by atoms with Crippen LogP contribution < -0.4 is 0 Å². The Kier molecular flexibility index (Phi) is 5.00. The first-order valence-corrected chi connectivity index (χ1v) is 6.10. The summed E-state index contributed by atoms with van der Waals surface area (Å²) < 4.78 is 0. The minimum absolute atomic E-state index is 0.694. The Balaban J connectivity index is 2.74. The van der Waals surface area contributed by atoms with Gasteiger partial charge in [0.05, 0.1) is 0 Å². The molecule has 0 unspecified atom stereocenters. The van der Waals surface area contributed by atoms with E-state index >= 15 is 0 Å². The van der Waals surface area contributed by atoms with Gasteiger partial charge in [-0.3, -0.25) is 0 Å². The molecule has 1 saturated carbocycles. The van der Waals surface area contributed by atoms with Crippen molar-refractivity contribution in [2.24, 2.45) is 5.92 Å². The molecule has 0 atom stereocenters. The van der Waals surface area contributed by atoms with E-state index in [0.717, 1.165) is 0 Å². The van der Waals surface area contributed by atoms with Crippen molar-refractivity contribution in [3.63, 3.8) is 0 Å². The molecule has 0 nitrogen and oxygen atoms in total. The summed E-state index contributed by atoms with van der Waals surface area (Å²) >= 11 is 0. The summed E-state index contributed by atoms with van der Waals surface area (Å²) in [6.07, 6.45) is 13.0. The molecule has 1 fully saturated rings. The zero-order valence-electron chi connectivity index (χ0n) is 9.97. The van der Waals surface area contributed by atoms with Crippen molar-refractivity contribution >= 4 is 0 Å². The third-order valence-corrected chi connectivity index (χ3v) is 2.94. The Morgan fingerprint density at radius 2 is 1.50 bits per heavy atom. The molecule has 0 heteroatoms. The van der Waals surface area contributed by atoms with Gasteiger partial charge >= 0.3 is 0 Å². The van der Waals surface area contributed by atoms with Crippen molar-refractivity contribution in [2.45, 2.75) is 59.3 Å². The monoisotopic (exact) mass is 192 g/mol. The summed E-state index contributed by atoms with van der Waals surface area (Å²) in [6.45, 7) is 6.74. The van der Waals surface area contributed by atoms with Gasteiger partial charge < -0.3 is 0 Å². The van der Waals surface area contributed by atoms with Crippen molar-refractivity contribution in [2.75, 3.05) is 0 Å². The Morgan fingerprint density at radius 3 is 2.00 bits per heavy atom. The quantitative estimate of drug-likeness (QED) is 0.556. The molecule has 1 rings (SSSR count). The van der Waals surface area contributed by atoms with Gasteiger partial charge in [-0.1, -0.05) is 38.8 Å². The lowest BCUT2D eigenvalue weighted by Crippen LogP contribution is -1.98. The van der Waals surface area contributed by atoms with Crippen LogP contribution in [0.25, 0.3) is 0 Å². The van der Waals surface area contributed by atoms with Crippen LogP contribution in [0.4, 0.5) is 0 Å². The minimum Gasteiger partial charge on any atom is -0.0842 e. The van der Waals surface area contributed by atoms with Crippen LogP contribution in [0.3, 0.4) is 0 Å². The van der Waals surface area contributed by atoms with E-state index < -0.39 is 0 Å². The fourth-order valence-corrected chi connectivity index (χ4v) is 2.23. The minimum atomic E-state index is 0.694. The second-order valence-electron chi connectivity index (χ2n) is 4.66. The van der Waals surface area contributed by atoms with E-state index in [9.17, 15) is 0 Å². The zero-order chi connectivity index (χ0) is 10.4. The highest BCUT2D eigenvalue weighted by Gasteiger charge is 2.08. The van der Waals surface area contributed by atoms with E-state index in [4.69, 9.17) is 0 Å². The summed E-state index contributed by atoms with van der Waals surface area (Å²) in [5, 5.41) is 0. The lowest BCUT2D eigenvalue weighted by Gasteiger charge is -2.16. The van der Waals surface area contributed by atoms with Crippen molar-refractivity contribution < 1.29 is 0 Å². The molecule has 0 N–H and O–H groups in total. The summed E-state index contributed by atoms with van der Waals surface area (Å²) in [6, 6.07) is 0. The lowest BCUT2D eigenvalue weighted by atomic mass is 9.89. The fourth-order valence-electron chi connectivity index (χ4n) is 2.23. The summed E-state index contributed by atoms with van der Waals surface area (Å²) in [4.78, 5) is 0. The molecular formula is C14H24. The van der Waals surface area contributed by atoms with Gasteiger partial charge in [-0.15, -0.1) is 0 Å². The molecule has 0 aliphatic heterocycles. The smallest absolute Gasteiger partial charge is 0.0279 e. The van der Waals surface area contributed by atoms with Crippen molar-refractivity contribution in [3.8, 4) is 0 Å². The van der Waals surface area contributed by atoms with Gasteiger partial charge in [0.1, 0.15) is 0 Å². The highest BCUT2D eigenvalue weighted by Crippen LogP contribution is 2.27. The molecule has 0 bridgehead atoms. The third kappa shape index (κ3) is 3.69. The molecule has 0 aromatic carbocycles. The predicted molar refractivity (Wildman–Crippen MR) is 64.4 cm³/mol. The molecule has 0 saturated heterocycles. The number of hydrogen-bond acceptors (Lipinski definition) is 0. The van der Waals surface area contributed by atoms with Crippen LogP contribution in [0.15, 0.2) is 23.3 Å². The Morgan fingerprint density at radius 1 is 0.929 bits per heavy atom. The number of hydrogen-bond donors (Lipinski definition) is 0. The van der Waals surface area contributed by atoms with Gasteiger partial charge in [0.15, 0.2) is 0 Å². The van der Waals surface area contributed by atoms with Crippen molar-refractivity contribution in [3.05, 3.63) is 23.3 Å². The predicted octanol–water partition coefficient (Wildman–Crippen LogP) is 4.87. The second-order valence-corrected chi connectivity index (χ2v) is 4.66. The highest BCUT2D eigenvalue weighted by atomic mass is 14.1. The first-order valence-electron chi connectivity index (χ1n) is 6.10. The maximum absolute atomic E-state index is 2.46. The van der Waals surface area contributed by atoms with Gasteiger partial charge in [0.25, 0.3) is 0 Å². The van der Waals surface area contributed by atoms with E-state index in [2.05, 4.69) is 32.9 Å². The Bertz CT molecular complexity index is 218. The van der Waals surface area contributed by atoms with Crippen LogP contribution in [0.5, 0.6) is 0 Å². The first-order chi connectivity index (χ1) is 6.74. The van der Waals surface area contributed by atoms with Crippen LogP contribution in [0, 0.1) is 5.92 Å². The number of allylic oxidation sites excluding steroid dienone is 4. The van der Waals surface area contributed by atoms with Crippen LogP contribution in [0.1, 0.15) is 59.3 Å². The zero-order valence-corrected chi connectivity index (χ0v) is 9.97. The van der Waals surface area contributed by atoms with Crippen molar-refractivity contribution in [1.82, 2.24) is 0 Å². The largest absolute Gasteiger partial charge is 0.0842 e. The molecule has 1 aliphatic carbocycles. The molecule has 0 spiro atoms. The average Bonchev–Trinajstić information content (AvgIpc) is 2.10. The highest BCUT2D eigenvalue weighted by molar-refractivity contribution is 5.31. The first kappa shape index (κ1) is 11.6. The van der Waals surface area contributed by atoms with E-state index in [1.54, 1.807) is 11.1 Å². The molecule has 80 valence electrons. The summed E-state index contributed by atoms with van der Waals surface area (Å²) in [5.74, 6) is 0.694. The lowest BCUT2D eigenvalue weighted by molar-refractivity contribution is 0.609. The van der Waals surface area contributed by atoms with E-state index in [0.29, 0.717) is 5.92 Å². The van der Waals surface area contributed by atoms with E-state index in [1.165, 1.54) is 38.5 Å². The maximum Gasteiger partial charge on any atom is -0.0279 e. The molecule has 0 amide bonds. The molecule has 0 aromatic rings. The SMILES string of the molecule is CC=C1CCCCCCC1=CC(C)C. The third-order valence-electron chi connectivity index (χ3n) is 2.94. The van der Waals surface area contributed by atoms with Crippen LogP contribution >= 0.6 is 0 Å². The molecule has 14 heavy (non-hydrogen) atoms. The molecule has 0 radical (unpaired) electrons. The second kappa shape index (κ2) is 6.06. The Hall–Kier alpha value is -0.520. The molecule has 1 aliphatic rings. The van der Waals surface area contributed by atoms with Crippen molar-refractivity contribution in [1.29, 1.82) is 0 Å². The van der Waals surface area contributed by atoms with Gasteiger partial charge in [-0.2, -0.15) is 0 Å². The average molecular weight is 192 g/mol.